The highest BCUT2D eigenvalue weighted by atomic mass is 15.2. The van der Waals surface area contributed by atoms with E-state index in [0.29, 0.717) is 6.04 Å². The highest BCUT2D eigenvalue weighted by Crippen LogP contribution is 2.31. The van der Waals surface area contributed by atoms with E-state index in [2.05, 4.69) is 42.8 Å². The van der Waals surface area contributed by atoms with Crippen LogP contribution in [0.2, 0.25) is 0 Å². The van der Waals surface area contributed by atoms with Gasteiger partial charge in [-0.05, 0) is 32.9 Å². The summed E-state index contributed by atoms with van der Waals surface area (Å²) in [5.41, 5.74) is 8.22. The minimum absolute atomic E-state index is 0.446. The van der Waals surface area contributed by atoms with E-state index < -0.39 is 0 Å². The van der Waals surface area contributed by atoms with Crippen LogP contribution in [0, 0.1) is 0 Å². The van der Waals surface area contributed by atoms with Crippen LogP contribution in [0.4, 0.5) is 11.4 Å². The lowest BCUT2D eigenvalue weighted by Gasteiger charge is -2.29. The Morgan fingerprint density at radius 3 is 2.71 bits per heavy atom. The van der Waals surface area contributed by atoms with Crippen LogP contribution in [0.15, 0.2) is 30.6 Å². The second kappa shape index (κ2) is 4.62. The highest BCUT2D eigenvalue weighted by molar-refractivity contribution is 5.98. The molecular formula is C14H19N3. The quantitative estimate of drug-likeness (QED) is 0.822. The monoisotopic (exact) mass is 229 g/mol. The third kappa shape index (κ3) is 2.05. The van der Waals surface area contributed by atoms with Gasteiger partial charge < -0.3 is 10.6 Å². The van der Waals surface area contributed by atoms with Crippen LogP contribution in [0.5, 0.6) is 0 Å². The van der Waals surface area contributed by atoms with Gasteiger partial charge in [-0.1, -0.05) is 6.07 Å². The van der Waals surface area contributed by atoms with Crippen molar-refractivity contribution in [3.8, 4) is 0 Å². The highest BCUT2D eigenvalue weighted by Gasteiger charge is 2.13. The standard InChI is InChI=1S/C14H19N3/c1-4-17(10(2)3)13-6-5-11-9-16-8-7-12(11)14(13)15/h5-10H,4,15H2,1-3H3. The number of hydrogen-bond acceptors (Lipinski definition) is 3. The van der Waals surface area contributed by atoms with Crippen LogP contribution in [0.3, 0.4) is 0 Å². The maximum Gasteiger partial charge on any atom is 0.0632 e. The predicted molar refractivity (Wildman–Crippen MR) is 74.3 cm³/mol. The van der Waals surface area contributed by atoms with Crippen molar-refractivity contribution in [2.75, 3.05) is 17.2 Å². The fraction of sp³-hybridized carbons (Fsp3) is 0.357. The largest absolute Gasteiger partial charge is 0.397 e. The molecule has 0 unspecified atom stereocenters. The average molecular weight is 229 g/mol. The van der Waals surface area contributed by atoms with Gasteiger partial charge in [0.2, 0.25) is 0 Å². The summed E-state index contributed by atoms with van der Waals surface area (Å²) in [4.78, 5) is 6.42. The summed E-state index contributed by atoms with van der Waals surface area (Å²) >= 11 is 0. The Morgan fingerprint density at radius 2 is 2.06 bits per heavy atom. The molecule has 0 aliphatic heterocycles. The van der Waals surface area contributed by atoms with Crippen molar-refractivity contribution in [1.82, 2.24) is 4.98 Å². The van der Waals surface area contributed by atoms with Crippen LogP contribution in [0.1, 0.15) is 20.8 Å². The van der Waals surface area contributed by atoms with Gasteiger partial charge in [-0.3, -0.25) is 4.98 Å². The minimum atomic E-state index is 0.446. The first-order valence-electron chi connectivity index (χ1n) is 6.04. The van der Waals surface area contributed by atoms with E-state index in [-0.39, 0.29) is 0 Å². The zero-order valence-corrected chi connectivity index (χ0v) is 10.6. The Labute approximate surface area is 102 Å². The summed E-state index contributed by atoms with van der Waals surface area (Å²) in [6.45, 7) is 7.47. The number of benzene rings is 1. The maximum atomic E-state index is 6.26. The van der Waals surface area contributed by atoms with Gasteiger partial charge >= 0.3 is 0 Å². The number of aromatic nitrogens is 1. The van der Waals surface area contributed by atoms with E-state index in [1.165, 1.54) is 0 Å². The molecule has 0 aliphatic rings. The normalized spacial score (nSPS) is 11.1. The lowest BCUT2D eigenvalue weighted by Crippen LogP contribution is -2.30. The van der Waals surface area contributed by atoms with Gasteiger partial charge in [0.1, 0.15) is 0 Å². The molecule has 3 nitrogen and oxygen atoms in total. The molecule has 1 aromatic heterocycles. The van der Waals surface area contributed by atoms with Crippen LogP contribution >= 0.6 is 0 Å². The molecule has 2 aromatic rings. The van der Waals surface area contributed by atoms with E-state index >= 15 is 0 Å². The molecule has 0 fully saturated rings. The van der Waals surface area contributed by atoms with Gasteiger partial charge in [0.25, 0.3) is 0 Å². The summed E-state index contributed by atoms with van der Waals surface area (Å²) in [5.74, 6) is 0. The summed E-state index contributed by atoms with van der Waals surface area (Å²) < 4.78 is 0. The van der Waals surface area contributed by atoms with Crippen molar-refractivity contribution >= 4 is 22.1 Å². The van der Waals surface area contributed by atoms with Crippen molar-refractivity contribution in [1.29, 1.82) is 0 Å². The van der Waals surface area contributed by atoms with Crippen LogP contribution in [0.25, 0.3) is 10.8 Å². The molecule has 1 aromatic carbocycles. The molecule has 0 spiro atoms. The molecule has 1 heterocycles. The SMILES string of the molecule is CCN(c1ccc2cnccc2c1N)C(C)C. The number of fused-ring (bicyclic) bond motifs is 1. The van der Waals surface area contributed by atoms with Crippen molar-refractivity contribution < 1.29 is 0 Å². The van der Waals surface area contributed by atoms with Crippen molar-refractivity contribution in [2.45, 2.75) is 26.8 Å². The van der Waals surface area contributed by atoms with Gasteiger partial charge in [-0.2, -0.15) is 0 Å². The molecular weight excluding hydrogens is 210 g/mol. The predicted octanol–water partition coefficient (Wildman–Crippen LogP) is 3.05. The van der Waals surface area contributed by atoms with Crippen molar-refractivity contribution in [3.05, 3.63) is 30.6 Å². The van der Waals surface area contributed by atoms with E-state index in [0.717, 1.165) is 28.7 Å². The van der Waals surface area contributed by atoms with Gasteiger partial charge in [0.15, 0.2) is 0 Å². The molecule has 17 heavy (non-hydrogen) atoms. The molecule has 0 aliphatic carbocycles. The Balaban J connectivity index is 2.59. The Hall–Kier alpha value is -1.77. The second-order valence-corrected chi connectivity index (χ2v) is 4.47. The first-order chi connectivity index (χ1) is 8.15. The lowest BCUT2D eigenvalue weighted by molar-refractivity contribution is 0.705. The molecule has 90 valence electrons. The number of rotatable bonds is 3. The third-order valence-electron chi connectivity index (χ3n) is 3.11. The molecule has 0 saturated heterocycles. The summed E-state index contributed by atoms with van der Waals surface area (Å²) in [7, 11) is 0. The number of pyridine rings is 1. The second-order valence-electron chi connectivity index (χ2n) is 4.47. The zero-order chi connectivity index (χ0) is 12.4. The molecule has 2 N–H and O–H groups in total. The Morgan fingerprint density at radius 1 is 1.29 bits per heavy atom. The summed E-state index contributed by atoms with van der Waals surface area (Å²) in [5, 5.41) is 2.17. The van der Waals surface area contributed by atoms with Crippen LogP contribution in [-0.4, -0.2) is 17.6 Å². The summed E-state index contributed by atoms with van der Waals surface area (Å²) in [6.07, 6.45) is 3.63. The van der Waals surface area contributed by atoms with Gasteiger partial charge in [0, 0.05) is 35.8 Å². The van der Waals surface area contributed by atoms with E-state index in [9.17, 15) is 0 Å². The van der Waals surface area contributed by atoms with Crippen LogP contribution < -0.4 is 10.6 Å². The molecule has 0 amide bonds. The first-order valence-corrected chi connectivity index (χ1v) is 6.04. The molecule has 0 radical (unpaired) electrons. The molecule has 0 atom stereocenters. The zero-order valence-electron chi connectivity index (χ0n) is 10.6. The fourth-order valence-corrected chi connectivity index (χ4v) is 2.25. The summed E-state index contributed by atoms with van der Waals surface area (Å²) in [6, 6.07) is 6.59. The van der Waals surface area contributed by atoms with E-state index in [4.69, 9.17) is 5.73 Å². The number of hydrogen-bond donors (Lipinski definition) is 1. The lowest BCUT2D eigenvalue weighted by atomic mass is 10.1. The van der Waals surface area contributed by atoms with E-state index in [1.807, 2.05) is 12.3 Å². The van der Waals surface area contributed by atoms with E-state index in [1.54, 1.807) is 6.20 Å². The Bertz CT molecular complexity index is 520. The minimum Gasteiger partial charge on any atom is -0.397 e. The fourth-order valence-electron chi connectivity index (χ4n) is 2.25. The topological polar surface area (TPSA) is 42.2 Å². The van der Waals surface area contributed by atoms with Crippen molar-refractivity contribution in [3.63, 3.8) is 0 Å². The molecule has 2 rings (SSSR count). The van der Waals surface area contributed by atoms with Crippen molar-refractivity contribution in [2.24, 2.45) is 0 Å². The Kier molecular flexibility index (Phi) is 3.18. The number of nitrogens with two attached hydrogens (primary N) is 1. The van der Waals surface area contributed by atoms with Gasteiger partial charge in [0.05, 0.1) is 11.4 Å². The average Bonchev–Trinajstić information content (AvgIpc) is 2.33. The number of nitrogens with zero attached hydrogens (tertiary/aromatic N) is 2. The smallest absolute Gasteiger partial charge is 0.0632 e. The van der Waals surface area contributed by atoms with Crippen LogP contribution in [-0.2, 0) is 0 Å². The molecule has 3 heteroatoms. The first kappa shape index (κ1) is 11.7. The number of anilines is 2. The number of nitrogen functional groups attached to an aromatic ring is 1. The molecule has 0 saturated carbocycles. The molecule has 0 bridgehead atoms. The maximum absolute atomic E-state index is 6.26. The third-order valence-corrected chi connectivity index (χ3v) is 3.11. The van der Waals surface area contributed by atoms with Gasteiger partial charge in [-0.15, -0.1) is 0 Å². The van der Waals surface area contributed by atoms with Gasteiger partial charge in [-0.25, -0.2) is 0 Å².